The standard InChI is InChI=1S/C12H14ClFN4/c1-7(2)11-12(15)16-17-18(11)6-8-3-4-9(13)10(14)5-8/h3-5,7H,6,15H2,1-2H3. The van der Waals surface area contributed by atoms with Crippen LogP contribution >= 0.6 is 11.6 Å². The first-order valence-corrected chi connectivity index (χ1v) is 5.99. The summed E-state index contributed by atoms with van der Waals surface area (Å²) in [4.78, 5) is 0. The number of hydrogen-bond acceptors (Lipinski definition) is 3. The van der Waals surface area contributed by atoms with E-state index in [0.717, 1.165) is 11.3 Å². The summed E-state index contributed by atoms with van der Waals surface area (Å²) in [5.41, 5.74) is 7.38. The van der Waals surface area contributed by atoms with E-state index < -0.39 is 5.82 Å². The summed E-state index contributed by atoms with van der Waals surface area (Å²) in [6, 6.07) is 4.68. The van der Waals surface area contributed by atoms with E-state index in [1.807, 2.05) is 13.8 Å². The lowest BCUT2D eigenvalue weighted by Crippen LogP contribution is -2.09. The molecule has 0 bridgehead atoms. The molecule has 0 saturated heterocycles. The number of nitrogens with two attached hydrogens (primary N) is 1. The van der Waals surface area contributed by atoms with E-state index in [1.165, 1.54) is 12.1 Å². The molecule has 0 amide bonds. The fourth-order valence-electron chi connectivity index (χ4n) is 1.86. The monoisotopic (exact) mass is 268 g/mol. The molecular weight excluding hydrogens is 255 g/mol. The molecule has 0 saturated carbocycles. The predicted octanol–water partition coefficient (Wildman–Crippen LogP) is 2.82. The second kappa shape index (κ2) is 4.94. The molecule has 4 nitrogen and oxygen atoms in total. The predicted molar refractivity (Wildman–Crippen MR) is 69.0 cm³/mol. The highest BCUT2D eigenvalue weighted by Crippen LogP contribution is 2.21. The Morgan fingerprint density at radius 2 is 2.17 bits per heavy atom. The molecule has 1 aromatic heterocycles. The van der Waals surface area contributed by atoms with E-state index in [0.29, 0.717) is 12.4 Å². The number of nitrogen functional groups attached to an aromatic ring is 1. The fourth-order valence-corrected chi connectivity index (χ4v) is 1.97. The molecular formula is C12H14ClFN4. The van der Waals surface area contributed by atoms with Gasteiger partial charge in [0.1, 0.15) is 5.82 Å². The highest BCUT2D eigenvalue weighted by atomic mass is 35.5. The Morgan fingerprint density at radius 1 is 1.44 bits per heavy atom. The number of aromatic nitrogens is 3. The van der Waals surface area contributed by atoms with Gasteiger partial charge in [-0.1, -0.05) is 36.7 Å². The first-order chi connectivity index (χ1) is 8.49. The summed E-state index contributed by atoms with van der Waals surface area (Å²) >= 11 is 5.64. The molecule has 1 aromatic carbocycles. The number of nitrogens with zero attached hydrogens (tertiary/aromatic N) is 3. The van der Waals surface area contributed by atoms with Crippen LogP contribution in [0.25, 0.3) is 0 Å². The van der Waals surface area contributed by atoms with Crippen LogP contribution in [0.1, 0.15) is 31.0 Å². The van der Waals surface area contributed by atoms with E-state index in [1.54, 1.807) is 10.7 Å². The van der Waals surface area contributed by atoms with Crippen molar-refractivity contribution in [3.05, 3.63) is 40.3 Å². The average molecular weight is 269 g/mol. The van der Waals surface area contributed by atoms with Gasteiger partial charge in [0.25, 0.3) is 0 Å². The molecule has 0 atom stereocenters. The SMILES string of the molecule is CC(C)c1c(N)nnn1Cc1ccc(Cl)c(F)c1. The molecule has 2 rings (SSSR count). The number of anilines is 1. The second-order valence-corrected chi connectivity index (χ2v) is 4.83. The molecule has 96 valence electrons. The minimum Gasteiger partial charge on any atom is -0.381 e. The van der Waals surface area contributed by atoms with Crippen LogP contribution in [0, 0.1) is 5.82 Å². The maximum absolute atomic E-state index is 13.3. The highest BCUT2D eigenvalue weighted by Gasteiger charge is 2.14. The Labute approximate surface area is 110 Å². The molecule has 0 spiro atoms. The molecule has 0 aliphatic rings. The van der Waals surface area contributed by atoms with Gasteiger partial charge in [0.2, 0.25) is 0 Å². The molecule has 2 N–H and O–H groups in total. The van der Waals surface area contributed by atoms with Crippen LogP contribution in [0.15, 0.2) is 18.2 Å². The summed E-state index contributed by atoms with van der Waals surface area (Å²) in [5.74, 6) is 0.185. The van der Waals surface area contributed by atoms with Gasteiger partial charge in [-0.25, -0.2) is 9.07 Å². The van der Waals surface area contributed by atoms with Crippen molar-refractivity contribution in [1.82, 2.24) is 15.0 Å². The quantitative estimate of drug-likeness (QED) is 0.931. The molecule has 0 aliphatic heterocycles. The first kappa shape index (κ1) is 12.8. The number of benzene rings is 1. The molecule has 1 heterocycles. The van der Waals surface area contributed by atoms with Crippen LogP contribution in [-0.4, -0.2) is 15.0 Å². The fraction of sp³-hybridized carbons (Fsp3) is 0.333. The molecule has 0 aliphatic carbocycles. The Balaban J connectivity index is 2.31. The van der Waals surface area contributed by atoms with Crippen molar-refractivity contribution in [3.8, 4) is 0 Å². The summed E-state index contributed by atoms with van der Waals surface area (Å²) < 4.78 is 15.0. The van der Waals surface area contributed by atoms with E-state index in [9.17, 15) is 4.39 Å². The minimum atomic E-state index is -0.437. The summed E-state index contributed by atoms with van der Waals surface area (Å²) in [7, 11) is 0. The average Bonchev–Trinajstić information content (AvgIpc) is 2.65. The van der Waals surface area contributed by atoms with Gasteiger partial charge < -0.3 is 5.73 Å². The summed E-state index contributed by atoms with van der Waals surface area (Å²) in [5, 5.41) is 7.93. The van der Waals surface area contributed by atoms with Crippen LogP contribution in [-0.2, 0) is 6.54 Å². The largest absolute Gasteiger partial charge is 0.381 e. The van der Waals surface area contributed by atoms with Crippen molar-refractivity contribution in [2.45, 2.75) is 26.3 Å². The van der Waals surface area contributed by atoms with Gasteiger partial charge in [0, 0.05) is 0 Å². The van der Waals surface area contributed by atoms with Gasteiger partial charge in [-0.15, -0.1) is 5.10 Å². The zero-order valence-electron chi connectivity index (χ0n) is 10.2. The van der Waals surface area contributed by atoms with E-state index in [2.05, 4.69) is 10.3 Å². The molecule has 0 radical (unpaired) electrons. The van der Waals surface area contributed by atoms with Gasteiger partial charge in [-0.3, -0.25) is 0 Å². The lowest BCUT2D eigenvalue weighted by Gasteiger charge is -2.10. The van der Waals surface area contributed by atoms with E-state index in [-0.39, 0.29) is 10.9 Å². The summed E-state index contributed by atoms with van der Waals surface area (Å²) in [6.07, 6.45) is 0. The second-order valence-electron chi connectivity index (χ2n) is 4.42. The van der Waals surface area contributed by atoms with Crippen molar-refractivity contribution < 1.29 is 4.39 Å². The Bertz CT molecular complexity index is 565. The van der Waals surface area contributed by atoms with Gasteiger partial charge >= 0.3 is 0 Å². The van der Waals surface area contributed by atoms with Gasteiger partial charge in [-0.05, 0) is 23.6 Å². The van der Waals surface area contributed by atoms with E-state index >= 15 is 0 Å². The van der Waals surface area contributed by atoms with Crippen molar-refractivity contribution in [1.29, 1.82) is 0 Å². The summed E-state index contributed by atoms with van der Waals surface area (Å²) in [6.45, 7) is 4.44. The van der Waals surface area contributed by atoms with Crippen LogP contribution in [0.3, 0.4) is 0 Å². The highest BCUT2D eigenvalue weighted by molar-refractivity contribution is 6.30. The van der Waals surface area contributed by atoms with Crippen molar-refractivity contribution >= 4 is 17.4 Å². The lowest BCUT2D eigenvalue weighted by molar-refractivity contribution is 0.589. The van der Waals surface area contributed by atoms with Crippen LogP contribution in [0.4, 0.5) is 10.2 Å². The maximum Gasteiger partial charge on any atom is 0.169 e. The molecule has 0 fully saturated rings. The molecule has 0 unspecified atom stereocenters. The van der Waals surface area contributed by atoms with Crippen molar-refractivity contribution in [3.63, 3.8) is 0 Å². The molecule has 6 heteroatoms. The third kappa shape index (κ3) is 2.46. The zero-order valence-corrected chi connectivity index (χ0v) is 10.9. The van der Waals surface area contributed by atoms with Gasteiger partial charge in [0.05, 0.1) is 17.3 Å². The normalized spacial score (nSPS) is 11.2. The maximum atomic E-state index is 13.3. The molecule has 2 aromatic rings. The van der Waals surface area contributed by atoms with Crippen molar-refractivity contribution in [2.75, 3.05) is 5.73 Å². The van der Waals surface area contributed by atoms with Crippen molar-refractivity contribution in [2.24, 2.45) is 0 Å². The molecule has 18 heavy (non-hydrogen) atoms. The topological polar surface area (TPSA) is 56.7 Å². The minimum absolute atomic E-state index is 0.112. The van der Waals surface area contributed by atoms with Gasteiger partial charge in [-0.2, -0.15) is 0 Å². The third-order valence-corrected chi connectivity index (χ3v) is 2.97. The van der Waals surface area contributed by atoms with E-state index in [4.69, 9.17) is 17.3 Å². The van der Waals surface area contributed by atoms with Crippen LogP contribution in [0.5, 0.6) is 0 Å². The Hall–Kier alpha value is -1.62. The first-order valence-electron chi connectivity index (χ1n) is 5.62. The Morgan fingerprint density at radius 3 is 2.78 bits per heavy atom. The number of halogens is 2. The van der Waals surface area contributed by atoms with Gasteiger partial charge in [0.15, 0.2) is 5.82 Å². The third-order valence-electron chi connectivity index (χ3n) is 2.66. The Kier molecular flexibility index (Phi) is 3.52. The number of rotatable bonds is 3. The lowest BCUT2D eigenvalue weighted by atomic mass is 10.1. The van der Waals surface area contributed by atoms with Crippen LogP contribution < -0.4 is 5.73 Å². The zero-order chi connectivity index (χ0) is 13.3. The smallest absolute Gasteiger partial charge is 0.169 e. The van der Waals surface area contributed by atoms with Crippen LogP contribution in [0.2, 0.25) is 5.02 Å². The number of hydrogen-bond donors (Lipinski definition) is 1.